The van der Waals surface area contributed by atoms with E-state index in [-0.39, 0.29) is 17.8 Å². The van der Waals surface area contributed by atoms with Gasteiger partial charge in [0, 0.05) is 16.9 Å². The lowest BCUT2D eigenvalue weighted by atomic mass is 9.97. The molecule has 1 heterocycles. The van der Waals surface area contributed by atoms with Crippen molar-refractivity contribution in [3.63, 3.8) is 0 Å². The Morgan fingerprint density at radius 3 is 2.25 bits per heavy atom. The molecule has 0 aliphatic rings. The number of methoxy groups -OCH3 is 2. The highest BCUT2D eigenvalue weighted by atomic mass is 32.1. The molecule has 1 aromatic heterocycles. The largest absolute Gasteiger partial charge is 0.496 e. The first kappa shape index (κ1) is 19.9. The van der Waals surface area contributed by atoms with Gasteiger partial charge in [-0.3, -0.25) is 4.79 Å². The summed E-state index contributed by atoms with van der Waals surface area (Å²) in [7, 11) is 2.93. The third-order valence-electron chi connectivity index (χ3n) is 4.25. The zero-order valence-electron chi connectivity index (χ0n) is 15.2. The van der Waals surface area contributed by atoms with Crippen LogP contribution in [-0.2, 0) is 12.6 Å². The van der Waals surface area contributed by atoms with E-state index in [0.29, 0.717) is 17.1 Å². The Morgan fingerprint density at radius 2 is 1.71 bits per heavy atom. The first-order valence-electron chi connectivity index (χ1n) is 8.33. The van der Waals surface area contributed by atoms with Gasteiger partial charge in [-0.2, -0.15) is 13.2 Å². The first-order chi connectivity index (χ1) is 13.3. The van der Waals surface area contributed by atoms with Crippen LogP contribution in [0.1, 0.15) is 21.5 Å². The molecule has 0 atom stereocenters. The molecule has 3 nitrogen and oxygen atoms in total. The van der Waals surface area contributed by atoms with Crippen LogP contribution in [0.3, 0.4) is 0 Å². The summed E-state index contributed by atoms with van der Waals surface area (Å²) in [5.74, 6) is 0.444. The van der Waals surface area contributed by atoms with Crippen LogP contribution in [0.25, 0.3) is 10.4 Å². The Bertz CT molecular complexity index is 962. The zero-order valence-corrected chi connectivity index (χ0v) is 16.0. The van der Waals surface area contributed by atoms with Crippen LogP contribution in [0.15, 0.2) is 53.9 Å². The summed E-state index contributed by atoms with van der Waals surface area (Å²) >= 11 is 1.51. The monoisotopic (exact) mass is 406 g/mol. The standard InChI is InChI=1S/C21H17F3O3S/c1-26-17-10-9-15(18-4-3-11-28-18)20(27-2)19(17)16(25)12-13-5-7-14(8-6-13)21(22,23)24/h3-11H,12H2,1-2H3. The van der Waals surface area contributed by atoms with E-state index in [1.165, 1.54) is 37.7 Å². The lowest BCUT2D eigenvalue weighted by Gasteiger charge is -2.16. The number of Topliss-reactive ketones (excluding diaryl/α,β-unsaturated/α-hetero) is 1. The number of hydrogen-bond acceptors (Lipinski definition) is 4. The van der Waals surface area contributed by atoms with Crippen LogP contribution in [0.5, 0.6) is 11.5 Å². The van der Waals surface area contributed by atoms with Crippen LogP contribution in [0.2, 0.25) is 0 Å². The van der Waals surface area contributed by atoms with E-state index in [1.807, 2.05) is 23.6 Å². The van der Waals surface area contributed by atoms with Gasteiger partial charge in [0.2, 0.25) is 0 Å². The first-order valence-corrected chi connectivity index (χ1v) is 9.21. The van der Waals surface area contributed by atoms with Crippen LogP contribution in [-0.4, -0.2) is 20.0 Å². The smallest absolute Gasteiger partial charge is 0.416 e. The molecule has 146 valence electrons. The molecule has 2 aromatic carbocycles. The van der Waals surface area contributed by atoms with Crippen molar-refractivity contribution in [3.05, 3.63) is 70.6 Å². The molecule has 0 saturated heterocycles. The molecule has 0 fully saturated rings. The predicted molar refractivity (Wildman–Crippen MR) is 102 cm³/mol. The number of thiophene rings is 1. The molecule has 0 unspecified atom stereocenters. The second-order valence-corrected chi connectivity index (χ2v) is 6.94. The molecule has 0 aliphatic carbocycles. The number of halogens is 3. The van der Waals surface area contributed by atoms with Crippen molar-refractivity contribution in [3.8, 4) is 21.9 Å². The van der Waals surface area contributed by atoms with Gasteiger partial charge in [0.15, 0.2) is 5.78 Å². The molecule has 0 N–H and O–H groups in total. The number of hydrogen-bond donors (Lipinski definition) is 0. The molecule has 0 spiro atoms. The summed E-state index contributed by atoms with van der Waals surface area (Å²) in [4.78, 5) is 13.9. The van der Waals surface area contributed by atoms with Crippen molar-refractivity contribution < 1.29 is 27.4 Å². The summed E-state index contributed by atoms with van der Waals surface area (Å²) in [6.07, 6.45) is -4.48. The topological polar surface area (TPSA) is 35.5 Å². The Kier molecular flexibility index (Phi) is 5.74. The van der Waals surface area contributed by atoms with E-state index in [0.717, 1.165) is 22.6 Å². The molecule has 28 heavy (non-hydrogen) atoms. The Morgan fingerprint density at radius 1 is 1.00 bits per heavy atom. The number of carbonyl (C=O) groups excluding carboxylic acids is 1. The highest BCUT2D eigenvalue weighted by Crippen LogP contribution is 2.40. The number of ether oxygens (including phenoxy) is 2. The van der Waals surface area contributed by atoms with Gasteiger partial charge in [-0.25, -0.2) is 0 Å². The van der Waals surface area contributed by atoms with E-state index >= 15 is 0 Å². The highest BCUT2D eigenvalue weighted by molar-refractivity contribution is 7.13. The Hall–Kier alpha value is -2.80. The van der Waals surface area contributed by atoms with Crippen LogP contribution in [0.4, 0.5) is 13.2 Å². The average molecular weight is 406 g/mol. The van der Waals surface area contributed by atoms with Gasteiger partial charge in [0.1, 0.15) is 17.1 Å². The minimum atomic E-state index is -4.41. The molecule has 0 bridgehead atoms. The third kappa shape index (κ3) is 4.04. The van der Waals surface area contributed by atoms with E-state index < -0.39 is 11.7 Å². The fourth-order valence-corrected chi connectivity index (χ4v) is 3.67. The number of ketones is 1. The lowest BCUT2D eigenvalue weighted by Crippen LogP contribution is -2.10. The molecular weight excluding hydrogens is 389 g/mol. The second kappa shape index (κ2) is 8.06. The van der Waals surface area contributed by atoms with Gasteiger partial charge in [0.05, 0.1) is 19.8 Å². The molecule has 0 amide bonds. The van der Waals surface area contributed by atoms with Crippen molar-refractivity contribution in [1.82, 2.24) is 0 Å². The van der Waals surface area contributed by atoms with E-state index in [4.69, 9.17) is 9.47 Å². The van der Waals surface area contributed by atoms with Crippen LogP contribution < -0.4 is 9.47 Å². The molecular formula is C21H17F3O3S. The number of carbonyl (C=O) groups is 1. The normalized spacial score (nSPS) is 11.3. The summed E-state index contributed by atoms with van der Waals surface area (Å²) in [6, 6.07) is 11.9. The van der Waals surface area contributed by atoms with Crippen LogP contribution >= 0.6 is 11.3 Å². The van der Waals surface area contributed by atoms with Gasteiger partial charge < -0.3 is 9.47 Å². The van der Waals surface area contributed by atoms with Crippen molar-refractivity contribution in [2.45, 2.75) is 12.6 Å². The Labute approximate surface area is 164 Å². The summed E-state index contributed by atoms with van der Waals surface area (Å²) in [5.41, 5.74) is 0.757. The highest BCUT2D eigenvalue weighted by Gasteiger charge is 2.30. The van der Waals surface area contributed by atoms with Gasteiger partial charge >= 0.3 is 6.18 Å². The van der Waals surface area contributed by atoms with Crippen LogP contribution in [0, 0.1) is 0 Å². The summed E-state index contributed by atoms with van der Waals surface area (Å²) in [6.45, 7) is 0. The Balaban J connectivity index is 1.97. The SMILES string of the molecule is COc1ccc(-c2cccs2)c(OC)c1C(=O)Cc1ccc(C(F)(F)F)cc1. The molecule has 3 rings (SSSR count). The maximum absolute atomic E-state index is 13.0. The third-order valence-corrected chi connectivity index (χ3v) is 5.16. The van der Waals surface area contributed by atoms with Gasteiger partial charge in [-0.05, 0) is 41.3 Å². The fraction of sp³-hybridized carbons (Fsp3) is 0.190. The van der Waals surface area contributed by atoms with Crippen molar-refractivity contribution >= 4 is 17.1 Å². The van der Waals surface area contributed by atoms with Gasteiger partial charge in [0.25, 0.3) is 0 Å². The molecule has 7 heteroatoms. The minimum Gasteiger partial charge on any atom is -0.496 e. The minimum absolute atomic E-state index is 0.0707. The average Bonchev–Trinajstić information content (AvgIpc) is 3.20. The quantitative estimate of drug-likeness (QED) is 0.480. The van der Waals surface area contributed by atoms with E-state index in [2.05, 4.69) is 0 Å². The van der Waals surface area contributed by atoms with Crippen molar-refractivity contribution in [2.24, 2.45) is 0 Å². The molecule has 3 aromatic rings. The molecule has 0 radical (unpaired) electrons. The maximum atomic E-state index is 13.0. The molecule has 0 aliphatic heterocycles. The predicted octanol–water partition coefficient (Wildman–Crippen LogP) is 5.88. The second-order valence-electron chi connectivity index (χ2n) is 6.00. The van der Waals surface area contributed by atoms with Gasteiger partial charge in [-0.15, -0.1) is 11.3 Å². The van der Waals surface area contributed by atoms with Crippen molar-refractivity contribution in [1.29, 1.82) is 0 Å². The van der Waals surface area contributed by atoms with Crippen molar-refractivity contribution in [2.75, 3.05) is 14.2 Å². The molecule has 0 saturated carbocycles. The zero-order chi connectivity index (χ0) is 20.3. The maximum Gasteiger partial charge on any atom is 0.416 e. The summed E-state index contributed by atoms with van der Waals surface area (Å²) in [5, 5.41) is 1.92. The summed E-state index contributed by atoms with van der Waals surface area (Å²) < 4.78 is 49.0. The lowest BCUT2D eigenvalue weighted by molar-refractivity contribution is -0.137. The van der Waals surface area contributed by atoms with E-state index in [9.17, 15) is 18.0 Å². The number of benzene rings is 2. The number of alkyl halides is 3. The van der Waals surface area contributed by atoms with E-state index in [1.54, 1.807) is 6.07 Å². The number of rotatable bonds is 6. The van der Waals surface area contributed by atoms with Gasteiger partial charge in [-0.1, -0.05) is 18.2 Å². The fourth-order valence-electron chi connectivity index (χ4n) is 2.92.